The number of imidazole rings is 1. The Morgan fingerprint density at radius 1 is 0.844 bits per heavy atom. The summed E-state index contributed by atoms with van der Waals surface area (Å²) in [7, 11) is 0. The van der Waals surface area contributed by atoms with Crippen molar-refractivity contribution in [3.05, 3.63) is 95.7 Å². The summed E-state index contributed by atoms with van der Waals surface area (Å²) in [6.07, 6.45) is 1.59. The monoisotopic (exact) mass is 612 g/mol. The minimum absolute atomic E-state index is 0.450. The Labute approximate surface area is 255 Å². The van der Waals surface area contributed by atoms with Gasteiger partial charge >= 0.3 is 17.9 Å². The van der Waals surface area contributed by atoms with Crippen molar-refractivity contribution in [1.82, 2.24) is 24.9 Å². The van der Waals surface area contributed by atoms with Crippen molar-refractivity contribution >= 4 is 34.8 Å². The minimum atomic E-state index is -2.74. The number of nitrogens with two attached hydrogens (primary N) is 1. The van der Waals surface area contributed by atoms with Crippen LogP contribution in [0, 0.1) is 6.92 Å². The Balaban J connectivity index is 0.000000302. The van der Waals surface area contributed by atoms with Gasteiger partial charge in [0.05, 0.1) is 41.0 Å². The van der Waals surface area contributed by atoms with Gasteiger partial charge < -0.3 is 31.1 Å². The highest BCUT2D eigenvalue weighted by atomic mass is 16.4. The quantitative estimate of drug-likeness (QED) is 0.133. The van der Waals surface area contributed by atoms with Crippen LogP contribution in [0.2, 0.25) is 0 Å². The van der Waals surface area contributed by atoms with Crippen LogP contribution in [-0.4, -0.2) is 74.8 Å². The number of carboxylic acid groups (broad SMARTS) is 3. The summed E-state index contributed by atoms with van der Waals surface area (Å²) in [5.74, 6) is -4.71. The van der Waals surface area contributed by atoms with Gasteiger partial charge in [0.15, 0.2) is 5.60 Å². The van der Waals surface area contributed by atoms with E-state index in [1.807, 2.05) is 55.5 Å². The van der Waals surface area contributed by atoms with E-state index >= 15 is 0 Å². The number of pyridine rings is 1. The number of hydrogen-bond donors (Lipinski definition) is 6. The molecule has 0 aliphatic rings. The highest BCUT2D eigenvalue weighted by molar-refractivity contribution is 5.93. The normalized spacial score (nSPS) is 11.0. The number of hydrogen-bond acceptors (Lipinski definition) is 9. The third-order valence-corrected chi connectivity index (χ3v) is 6.51. The fourth-order valence-corrected chi connectivity index (χ4v) is 4.44. The summed E-state index contributed by atoms with van der Waals surface area (Å²) >= 11 is 0. The number of aliphatic hydroxyl groups is 1. The Morgan fingerprint density at radius 3 is 2.13 bits per heavy atom. The number of H-pyrrole nitrogens is 1. The van der Waals surface area contributed by atoms with Crippen molar-refractivity contribution in [2.45, 2.75) is 31.8 Å². The molecule has 2 aromatic carbocycles. The summed E-state index contributed by atoms with van der Waals surface area (Å²) in [6.45, 7) is 1.96. The number of rotatable bonds is 10. The van der Waals surface area contributed by atoms with Gasteiger partial charge in [-0.15, -0.1) is 0 Å². The predicted molar refractivity (Wildman–Crippen MR) is 160 cm³/mol. The second-order valence-corrected chi connectivity index (χ2v) is 10.1. The minimum Gasteiger partial charge on any atom is -0.481 e. The number of aromatic amines is 1. The summed E-state index contributed by atoms with van der Waals surface area (Å²) in [5.41, 5.74) is 10.0. The van der Waals surface area contributed by atoms with Crippen molar-refractivity contribution in [3.63, 3.8) is 0 Å². The predicted octanol–water partition coefficient (Wildman–Crippen LogP) is 2.83. The first-order valence-corrected chi connectivity index (χ1v) is 13.4. The molecule has 5 rings (SSSR count). The standard InChI is InChI=1S/C25H20N6O.C6H8O7/c1-15-4-2-7-20(29-15)24-23(17-8-9-19-21(14-17)28-11-10-27-19)30-22(31-24)13-16-5-3-6-18(12-16)25(26)32;7-3(8)1-6(13,5(11)12)2-4(9)10/h2-12,14H,13H2,1H3,(H2,26,32)(H,30,31);13H,1-2H2,(H,7,8)(H,9,10)(H,11,12). The lowest BCUT2D eigenvalue weighted by Gasteiger charge is -2.18. The van der Waals surface area contributed by atoms with Gasteiger partial charge in [-0.3, -0.25) is 29.3 Å². The lowest BCUT2D eigenvalue weighted by molar-refractivity contribution is -0.170. The number of fused-ring (bicyclic) bond motifs is 1. The molecule has 0 radical (unpaired) electrons. The van der Waals surface area contributed by atoms with Crippen LogP contribution in [0.5, 0.6) is 0 Å². The molecule has 0 spiro atoms. The molecular weight excluding hydrogens is 584 g/mol. The zero-order valence-electron chi connectivity index (χ0n) is 23.8. The zero-order chi connectivity index (χ0) is 32.7. The van der Waals surface area contributed by atoms with Gasteiger partial charge in [0.25, 0.3) is 0 Å². The van der Waals surface area contributed by atoms with Crippen molar-refractivity contribution in [3.8, 4) is 22.6 Å². The van der Waals surface area contributed by atoms with Crippen LogP contribution in [0.4, 0.5) is 0 Å². The average Bonchev–Trinajstić information content (AvgIpc) is 3.40. The molecule has 14 nitrogen and oxygen atoms in total. The molecule has 230 valence electrons. The van der Waals surface area contributed by atoms with Gasteiger partial charge in [-0.25, -0.2) is 9.78 Å². The number of aliphatic carboxylic acids is 3. The molecule has 0 bridgehead atoms. The number of benzene rings is 2. The van der Waals surface area contributed by atoms with E-state index in [2.05, 4.69) is 19.9 Å². The SMILES string of the molecule is Cc1cccc(-c2[nH]c(Cc3cccc(C(N)=O)c3)nc2-c2ccc3nccnc3c2)n1.O=C(O)CC(O)(CC(=O)O)C(=O)O. The maximum atomic E-state index is 11.6. The second-order valence-electron chi connectivity index (χ2n) is 10.1. The molecule has 0 unspecified atom stereocenters. The molecular formula is C31H28N6O8. The first-order chi connectivity index (χ1) is 21.3. The molecule has 45 heavy (non-hydrogen) atoms. The first kappa shape index (κ1) is 31.9. The molecule has 0 atom stereocenters. The van der Waals surface area contributed by atoms with Crippen molar-refractivity contribution in [2.24, 2.45) is 5.73 Å². The van der Waals surface area contributed by atoms with Crippen LogP contribution >= 0.6 is 0 Å². The van der Waals surface area contributed by atoms with Crippen molar-refractivity contribution in [2.75, 3.05) is 0 Å². The molecule has 3 heterocycles. The lowest BCUT2D eigenvalue weighted by atomic mass is 9.96. The van der Waals surface area contributed by atoms with Crippen LogP contribution in [0.15, 0.2) is 73.1 Å². The number of nitrogens with zero attached hydrogens (tertiary/aromatic N) is 4. The molecule has 0 fully saturated rings. The highest BCUT2D eigenvalue weighted by Crippen LogP contribution is 2.31. The van der Waals surface area contributed by atoms with Gasteiger partial charge in [0.1, 0.15) is 5.82 Å². The number of amides is 1. The third-order valence-electron chi connectivity index (χ3n) is 6.51. The summed E-state index contributed by atoms with van der Waals surface area (Å²) in [5, 5.41) is 33.8. The van der Waals surface area contributed by atoms with E-state index in [0.29, 0.717) is 12.0 Å². The van der Waals surface area contributed by atoms with Crippen LogP contribution in [-0.2, 0) is 20.8 Å². The molecule has 1 amide bonds. The highest BCUT2D eigenvalue weighted by Gasteiger charge is 2.40. The van der Waals surface area contributed by atoms with Crippen LogP contribution in [0.3, 0.4) is 0 Å². The van der Waals surface area contributed by atoms with Crippen LogP contribution in [0.1, 0.15) is 40.3 Å². The molecule has 5 aromatic rings. The summed E-state index contributed by atoms with van der Waals surface area (Å²) in [6, 6.07) is 19.1. The molecule has 0 saturated heterocycles. The second kappa shape index (κ2) is 13.5. The fourth-order valence-electron chi connectivity index (χ4n) is 4.44. The molecule has 0 aliphatic heterocycles. The number of nitrogens with one attached hydrogen (secondary N) is 1. The van der Waals surface area contributed by atoms with Crippen molar-refractivity contribution < 1.29 is 39.6 Å². The number of carbonyl (C=O) groups is 4. The van der Waals surface area contributed by atoms with Gasteiger partial charge in [-0.05, 0) is 48.9 Å². The Kier molecular flexibility index (Phi) is 9.59. The number of aromatic nitrogens is 5. The number of aryl methyl sites for hydroxylation is 1. The average molecular weight is 613 g/mol. The lowest BCUT2D eigenvalue weighted by Crippen LogP contribution is -2.42. The molecule has 7 N–H and O–H groups in total. The summed E-state index contributed by atoms with van der Waals surface area (Å²) < 4.78 is 0. The smallest absolute Gasteiger partial charge is 0.336 e. The third kappa shape index (κ3) is 8.09. The van der Waals surface area contributed by atoms with E-state index in [1.165, 1.54) is 0 Å². The Hall–Kier alpha value is -6.02. The van der Waals surface area contributed by atoms with Crippen LogP contribution in [0.25, 0.3) is 33.7 Å². The molecule has 0 saturated carbocycles. The number of primary amides is 1. The van der Waals surface area contributed by atoms with E-state index in [-0.39, 0.29) is 0 Å². The van der Waals surface area contributed by atoms with Crippen LogP contribution < -0.4 is 5.73 Å². The van der Waals surface area contributed by atoms with Gasteiger partial charge in [0.2, 0.25) is 5.91 Å². The number of carbonyl (C=O) groups excluding carboxylic acids is 1. The molecule has 0 aliphatic carbocycles. The van der Waals surface area contributed by atoms with Gasteiger partial charge in [0, 0.05) is 35.6 Å². The maximum Gasteiger partial charge on any atom is 0.336 e. The Bertz CT molecular complexity index is 1890. The van der Waals surface area contributed by atoms with E-state index in [4.69, 9.17) is 31.1 Å². The van der Waals surface area contributed by atoms with E-state index in [9.17, 15) is 19.2 Å². The molecule has 14 heteroatoms. The van der Waals surface area contributed by atoms with Gasteiger partial charge in [-0.2, -0.15) is 0 Å². The largest absolute Gasteiger partial charge is 0.481 e. The van der Waals surface area contributed by atoms with E-state index in [0.717, 1.165) is 50.8 Å². The fraction of sp³-hybridized carbons (Fsp3) is 0.161. The first-order valence-electron chi connectivity index (χ1n) is 13.4. The molecule has 3 aromatic heterocycles. The van der Waals surface area contributed by atoms with Crippen molar-refractivity contribution in [1.29, 1.82) is 0 Å². The van der Waals surface area contributed by atoms with E-state index < -0.39 is 42.3 Å². The maximum absolute atomic E-state index is 11.6. The van der Waals surface area contributed by atoms with E-state index in [1.54, 1.807) is 24.5 Å². The Morgan fingerprint density at radius 2 is 1.51 bits per heavy atom. The zero-order valence-corrected chi connectivity index (χ0v) is 23.8. The number of carboxylic acids is 3. The topological polar surface area (TPSA) is 243 Å². The van der Waals surface area contributed by atoms with Gasteiger partial charge in [-0.1, -0.05) is 24.3 Å². The summed E-state index contributed by atoms with van der Waals surface area (Å²) in [4.78, 5) is 63.8.